The Labute approximate surface area is 169 Å². The van der Waals surface area contributed by atoms with Crippen molar-refractivity contribution in [2.75, 3.05) is 26.7 Å². The van der Waals surface area contributed by atoms with Gasteiger partial charge in [-0.15, -0.1) is 0 Å². The van der Waals surface area contributed by atoms with Crippen LogP contribution in [0.3, 0.4) is 0 Å². The molecule has 0 aliphatic carbocycles. The van der Waals surface area contributed by atoms with Crippen LogP contribution < -0.4 is 10.1 Å². The van der Waals surface area contributed by atoms with E-state index in [1.54, 1.807) is 7.11 Å². The molecule has 1 aliphatic heterocycles. The average molecular weight is 396 g/mol. The predicted molar refractivity (Wildman–Crippen MR) is 112 cm³/mol. The van der Waals surface area contributed by atoms with Gasteiger partial charge in [0.2, 0.25) is 5.91 Å². The summed E-state index contributed by atoms with van der Waals surface area (Å²) in [6, 6.07) is 15.9. The van der Waals surface area contributed by atoms with Crippen LogP contribution in [0.15, 0.2) is 48.5 Å². The second kappa shape index (κ2) is 8.17. The molecule has 3 aromatic rings. The molecule has 28 heavy (non-hydrogen) atoms. The van der Waals surface area contributed by atoms with Crippen LogP contribution in [-0.2, 0) is 11.3 Å². The van der Waals surface area contributed by atoms with Crippen molar-refractivity contribution < 1.29 is 9.53 Å². The topological polar surface area (TPSA) is 54.5 Å². The van der Waals surface area contributed by atoms with E-state index >= 15 is 0 Å². The summed E-state index contributed by atoms with van der Waals surface area (Å²) in [7, 11) is 1.66. The maximum atomic E-state index is 11.7. The standard InChI is InChI=1S/C22H22ClN3O2/c1-28-19-7-4-16-12-17(14-26-10-8-21(27)24-9-11-26)22(25-20(16)13-19)15-2-5-18(23)6-3-15/h2-7,12-13H,8-11,14H2,1H3,(H,24,27). The molecule has 1 aromatic heterocycles. The molecule has 5 nitrogen and oxygen atoms in total. The third-order valence-electron chi connectivity index (χ3n) is 5.02. The van der Waals surface area contributed by atoms with Crippen molar-refractivity contribution >= 4 is 28.4 Å². The first-order valence-electron chi connectivity index (χ1n) is 9.35. The van der Waals surface area contributed by atoms with Crippen LogP contribution in [0.1, 0.15) is 12.0 Å². The Morgan fingerprint density at radius 1 is 1.14 bits per heavy atom. The van der Waals surface area contributed by atoms with Gasteiger partial charge in [-0.1, -0.05) is 23.7 Å². The van der Waals surface area contributed by atoms with Crippen LogP contribution in [-0.4, -0.2) is 42.5 Å². The summed E-state index contributed by atoms with van der Waals surface area (Å²) in [5.74, 6) is 0.899. The lowest BCUT2D eigenvalue weighted by molar-refractivity contribution is -0.120. The molecule has 0 radical (unpaired) electrons. The van der Waals surface area contributed by atoms with E-state index in [9.17, 15) is 4.79 Å². The van der Waals surface area contributed by atoms with Crippen molar-refractivity contribution in [2.45, 2.75) is 13.0 Å². The van der Waals surface area contributed by atoms with Crippen LogP contribution in [0.5, 0.6) is 5.75 Å². The van der Waals surface area contributed by atoms with E-state index in [0.717, 1.165) is 53.1 Å². The molecule has 0 unspecified atom stereocenters. The lowest BCUT2D eigenvalue weighted by atomic mass is 10.0. The number of carbonyl (C=O) groups excluding carboxylic acids is 1. The van der Waals surface area contributed by atoms with Gasteiger partial charge in [0.25, 0.3) is 0 Å². The van der Waals surface area contributed by atoms with Gasteiger partial charge >= 0.3 is 0 Å². The molecule has 0 bridgehead atoms. The fourth-order valence-corrected chi connectivity index (χ4v) is 3.63. The van der Waals surface area contributed by atoms with Gasteiger partial charge in [0.15, 0.2) is 0 Å². The molecule has 0 saturated carbocycles. The van der Waals surface area contributed by atoms with Crippen LogP contribution in [0.4, 0.5) is 0 Å². The van der Waals surface area contributed by atoms with Gasteiger partial charge in [-0.05, 0) is 35.9 Å². The largest absolute Gasteiger partial charge is 0.497 e. The number of fused-ring (bicyclic) bond motifs is 1. The number of nitrogens with zero attached hydrogens (tertiary/aromatic N) is 2. The quantitative estimate of drug-likeness (QED) is 0.728. The zero-order chi connectivity index (χ0) is 19.5. The SMILES string of the molecule is COc1ccc2cc(CN3CCNC(=O)CC3)c(-c3ccc(Cl)cc3)nc2c1. The van der Waals surface area contributed by atoms with Crippen molar-refractivity contribution in [3.05, 3.63) is 59.1 Å². The molecular formula is C22H22ClN3O2. The van der Waals surface area contributed by atoms with E-state index in [2.05, 4.69) is 16.3 Å². The number of pyridine rings is 1. The van der Waals surface area contributed by atoms with Gasteiger partial charge in [-0.3, -0.25) is 9.69 Å². The zero-order valence-corrected chi connectivity index (χ0v) is 16.5. The third-order valence-corrected chi connectivity index (χ3v) is 5.27. The van der Waals surface area contributed by atoms with E-state index in [4.69, 9.17) is 21.3 Å². The number of benzene rings is 2. The normalized spacial score (nSPS) is 15.3. The van der Waals surface area contributed by atoms with Gasteiger partial charge in [0.1, 0.15) is 5.75 Å². The molecule has 1 amide bonds. The highest BCUT2D eigenvalue weighted by Crippen LogP contribution is 2.29. The molecule has 1 aliphatic rings. The molecular weight excluding hydrogens is 374 g/mol. The number of ether oxygens (including phenoxy) is 1. The van der Waals surface area contributed by atoms with E-state index < -0.39 is 0 Å². The van der Waals surface area contributed by atoms with E-state index in [0.29, 0.717) is 18.0 Å². The minimum Gasteiger partial charge on any atom is -0.497 e. The number of methoxy groups -OCH3 is 1. The summed E-state index contributed by atoms with van der Waals surface area (Å²) in [5, 5.41) is 4.70. The van der Waals surface area contributed by atoms with Crippen molar-refractivity contribution in [2.24, 2.45) is 0 Å². The number of hydrogen-bond acceptors (Lipinski definition) is 4. The van der Waals surface area contributed by atoms with Gasteiger partial charge < -0.3 is 10.1 Å². The Morgan fingerprint density at radius 2 is 1.96 bits per heavy atom. The molecule has 4 rings (SSSR count). The highest BCUT2D eigenvalue weighted by atomic mass is 35.5. The molecule has 144 valence electrons. The zero-order valence-electron chi connectivity index (χ0n) is 15.7. The minimum absolute atomic E-state index is 0.115. The molecule has 0 atom stereocenters. The maximum absolute atomic E-state index is 11.7. The summed E-state index contributed by atoms with van der Waals surface area (Å²) < 4.78 is 5.35. The third kappa shape index (κ3) is 4.11. The Balaban J connectivity index is 1.76. The maximum Gasteiger partial charge on any atom is 0.221 e. The molecule has 1 N–H and O–H groups in total. The summed E-state index contributed by atoms with van der Waals surface area (Å²) in [6.07, 6.45) is 0.522. The van der Waals surface area contributed by atoms with Crippen molar-refractivity contribution in [1.29, 1.82) is 0 Å². The molecule has 2 heterocycles. The van der Waals surface area contributed by atoms with Crippen LogP contribution in [0, 0.1) is 0 Å². The summed E-state index contributed by atoms with van der Waals surface area (Å²) in [4.78, 5) is 18.9. The number of nitrogens with one attached hydrogen (secondary N) is 1. The molecule has 0 spiro atoms. The second-order valence-corrected chi connectivity index (χ2v) is 7.37. The number of rotatable bonds is 4. The number of amides is 1. The molecule has 1 fully saturated rings. The summed E-state index contributed by atoms with van der Waals surface area (Å²) in [5.41, 5.74) is 3.98. The van der Waals surface area contributed by atoms with Gasteiger partial charge in [-0.25, -0.2) is 4.98 Å². The predicted octanol–water partition coefficient (Wildman–Crippen LogP) is 3.89. The highest BCUT2D eigenvalue weighted by Gasteiger charge is 2.17. The molecule has 6 heteroatoms. The number of halogens is 1. The number of aromatic nitrogens is 1. The Bertz CT molecular complexity index is 1000. The van der Waals surface area contributed by atoms with Gasteiger partial charge in [0, 0.05) is 54.6 Å². The lowest BCUT2D eigenvalue weighted by Gasteiger charge is -2.21. The van der Waals surface area contributed by atoms with Crippen molar-refractivity contribution in [3.8, 4) is 17.0 Å². The average Bonchev–Trinajstić information content (AvgIpc) is 2.92. The van der Waals surface area contributed by atoms with E-state index in [-0.39, 0.29) is 5.91 Å². The number of hydrogen-bond donors (Lipinski definition) is 1. The Morgan fingerprint density at radius 3 is 2.75 bits per heavy atom. The first kappa shape index (κ1) is 18.7. The summed E-state index contributed by atoms with van der Waals surface area (Å²) >= 11 is 6.08. The van der Waals surface area contributed by atoms with Gasteiger partial charge in [-0.2, -0.15) is 0 Å². The lowest BCUT2D eigenvalue weighted by Crippen LogP contribution is -2.28. The van der Waals surface area contributed by atoms with E-state index in [1.165, 1.54) is 0 Å². The smallest absolute Gasteiger partial charge is 0.221 e. The second-order valence-electron chi connectivity index (χ2n) is 6.94. The van der Waals surface area contributed by atoms with Crippen LogP contribution >= 0.6 is 11.6 Å². The first-order valence-corrected chi connectivity index (χ1v) is 9.73. The van der Waals surface area contributed by atoms with Gasteiger partial charge in [0.05, 0.1) is 18.3 Å². The number of carbonyl (C=O) groups is 1. The first-order chi connectivity index (χ1) is 13.6. The molecule has 1 saturated heterocycles. The Hall–Kier alpha value is -2.63. The van der Waals surface area contributed by atoms with Crippen LogP contribution in [0.2, 0.25) is 5.02 Å². The fourth-order valence-electron chi connectivity index (χ4n) is 3.51. The highest BCUT2D eigenvalue weighted by molar-refractivity contribution is 6.30. The Kier molecular flexibility index (Phi) is 5.46. The van der Waals surface area contributed by atoms with E-state index in [1.807, 2.05) is 42.5 Å². The van der Waals surface area contributed by atoms with Crippen molar-refractivity contribution in [1.82, 2.24) is 15.2 Å². The van der Waals surface area contributed by atoms with Crippen molar-refractivity contribution in [3.63, 3.8) is 0 Å². The monoisotopic (exact) mass is 395 g/mol. The summed E-state index contributed by atoms with van der Waals surface area (Å²) in [6.45, 7) is 2.98. The fraction of sp³-hybridized carbons (Fsp3) is 0.273. The van der Waals surface area contributed by atoms with Crippen LogP contribution in [0.25, 0.3) is 22.2 Å². The minimum atomic E-state index is 0.115. The molecule has 2 aromatic carbocycles.